The van der Waals surface area contributed by atoms with E-state index in [0.29, 0.717) is 35.2 Å². The lowest BCUT2D eigenvalue weighted by atomic mass is 9.87. The summed E-state index contributed by atoms with van der Waals surface area (Å²) >= 11 is 0.385. The summed E-state index contributed by atoms with van der Waals surface area (Å²) in [6, 6.07) is 8.49. The Balaban J connectivity index is 2.18. The Morgan fingerprint density at radius 3 is 2.60 bits per heavy atom. The van der Waals surface area contributed by atoms with E-state index in [9.17, 15) is 18.8 Å². The molecule has 1 amide bonds. The van der Waals surface area contributed by atoms with Gasteiger partial charge in [0.2, 0.25) is 5.91 Å². The largest absolute Gasteiger partial charge is 0.324 e. The van der Waals surface area contributed by atoms with Crippen LogP contribution in [0.15, 0.2) is 29.2 Å². The molecule has 0 radical (unpaired) electrons. The number of nitrogens with one attached hydrogen (secondary N) is 1. The monoisotopic (exact) mass is 296 g/mol. The van der Waals surface area contributed by atoms with E-state index < -0.39 is 11.2 Å². The van der Waals surface area contributed by atoms with Gasteiger partial charge >= 0.3 is 0 Å². The number of amides is 1. The number of carbonyl (C=O) groups excluding carboxylic acids is 1. The van der Waals surface area contributed by atoms with Crippen LogP contribution in [0.25, 0.3) is 0 Å². The van der Waals surface area contributed by atoms with Crippen LogP contribution in [0.4, 0.5) is 14.5 Å². The number of rotatable bonds is 4. The third-order valence-electron chi connectivity index (χ3n) is 3.46. The minimum absolute atomic E-state index is 0.307. The quantitative estimate of drug-likeness (QED) is 0.854. The van der Waals surface area contributed by atoms with Gasteiger partial charge in [0, 0.05) is 4.90 Å². The first-order valence-electron chi connectivity index (χ1n) is 6.34. The van der Waals surface area contributed by atoms with E-state index in [4.69, 9.17) is 0 Å². The maximum atomic E-state index is 12.5. The number of carbonyl (C=O) groups is 1. The van der Waals surface area contributed by atoms with Gasteiger partial charge in [0.15, 0.2) is 0 Å². The minimum atomic E-state index is -2.55. The number of anilines is 1. The standard InChI is InChI=1S/C14H14F2N2OS/c15-13(16)20-11-6-2-1-5-10(11)18-12(19)14(9-17)7-3-4-8-14/h1-2,5-6,13H,3-4,7-8H2,(H,18,19). The van der Waals surface area contributed by atoms with E-state index >= 15 is 0 Å². The fourth-order valence-electron chi connectivity index (χ4n) is 2.38. The fourth-order valence-corrected chi connectivity index (χ4v) is 2.97. The number of hydrogen-bond acceptors (Lipinski definition) is 3. The zero-order chi connectivity index (χ0) is 14.6. The molecule has 1 N–H and O–H groups in total. The molecule has 2 rings (SSSR count). The highest BCUT2D eigenvalue weighted by molar-refractivity contribution is 7.99. The molecule has 0 atom stereocenters. The topological polar surface area (TPSA) is 52.9 Å². The molecular formula is C14H14F2N2OS. The van der Waals surface area contributed by atoms with Crippen LogP contribution in [-0.2, 0) is 4.79 Å². The van der Waals surface area contributed by atoms with Gasteiger partial charge in [-0.05, 0) is 25.0 Å². The van der Waals surface area contributed by atoms with E-state index in [-0.39, 0.29) is 5.91 Å². The summed E-state index contributed by atoms with van der Waals surface area (Å²) in [5.74, 6) is -2.94. The maximum Gasteiger partial charge on any atom is 0.288 e. The molecule has 0 saturated heterocycles. The van der Waals surface area contributed by atoms with Gasteiger partial charge in [-0.25, -0.2) is 0 Å². The summed E-state index contributed by atoms with van der Waals surface area (Å²) in [5.41, 5.74) is -0.674. The van der Waals surface area contributed by atoms with Crippen LogP contribution in [0.5, 0.6) is 0 Å². The number of nitriles is 1. The molecule has 0 heterocycles. The number of hydrogen-bond donors (Lipinski definition) is 1. The summed E-state index contributed by atoms with van der Waals surface area (Å²) in [6.07, 6.45) is 2.74. The van der Waals surface area contributed by atoms with Crippen molar-refractivity contribution in [2.45, 2.75) is 36.3 Å². The number of nitrogens with zero attached hydrogens (tertiary/aromatic N) is 1. The molecular weight excluding hydrogens is 282 g/mol. The third-order valence-corrected chi connectivity index (χ3v) is 4.25. The highest BCUT2D eigenvalue weighted by Gasteiger charge is 2.41. The summed E-state index contributed by atoms with van der Waals surface area (Å²) in [5, 5.41) is 11.9. The molecule has 106 valence electrons. The molecule has 0 aromatic heterocycles. The Hall–Kier alpha value is -1.61. The van der Waals surface area contributed by atoms with Gasteiger partial charge in [-0.3, -0.25) is 4.79 Å². The Morgan fingerprint density at radius 2 is 2.00 bits per heavy atom. The highest BCUT2D eigenvalue weighted by Crippen LogP contribution is 2.39. The zero-order valence-electron chi connectivity index (χ0n) is 10.7. The van der Waals surface area contributed by atoms with Crippen LogP contribution >= 0.6 is 11.8 Å². The summed E-state index contributed by atoms with van der Waals surface area (Å²) < 4.78 is 25.0. The van der Waals surface area contributed by atoms with E-state index in [1.807, 2.05) is 0 Å². The predicted octanol–water partition coefficient (Wildman–Crippen LogP) is 4.02. The molecule has 1 aliphatic carbocycles. The van der Waals surface area contributed by atoms with Crippen molar-refractivity contribution in [2.24, 2.45) is 5.41 Å². The molecule has 1 aromatic rings. The van der Waals surface area contributed by atoms with Gasteiger partial charge in [-0.1, -0.05) is 36.7 Å². The van der Waals surface area contributed by atoms with Crippen LogP contribution in [0, 0.1) is 16.7 Å². The van der Waals surface area contributed by atoms with Gasteiger partial charge in [0.1, 0.15) is 5.41 Å². The predicted molar refractivity (Wildman–Crippen MR) is 73.4 cm³/mol. The molecule has 6 heteroatoms. The molecule has 0 bridgehead atoms. The van der Waals surface area contributed by atoms with Gasteiger partial charge < -0.3 is 5.32 Å². The van der Waals surface area contributed by atoms with Crippen LogP contribution in [0.2, 0.25) is 0 Å². The van der Waals surface area contributed by atoms with Crippen molar-refractivity contribution in [1.82, 2.24) is 0 Å². The second-order valence-electron chi connectivity index (χ2n) is 4.73. The first-order chi connectivity index (χ1) is 9.57. The molecule has 3 nitrogen and oxygen atoms in total. The van der Waals surface area contributed by atoms with Crippen molar-refractivity contribution in [1.29, 1.82) is 5.26 Å². The van der Waals surface area contributed by atoms with Gasteiger partial charge in [-0.15, -0.1) is 0 Å². The second kappa shape index (κ2) is 6.23. The number of alkyl halides is 2. The summed E-state index contributed by atoms with van der Waals surface area (Å²) in [6.45, 7) is 0. The molecule has 20 heavy (non-hydrogen) atoms. The fraction of sp³-hybridized carbons (Fsp3) is 0.429. The molecule has 1 aromatic carbocycles. The van der Waals surface area contributed by atoms with Gasteiger partial charge in [0.25, 0.3) is 5.76 Å². The van der Waals surface area contributed by atoms with E-state index in [1.54, 1.807) is 18.2 Å². The Labute approximate surface area is 120 Å². The summed E-state index contributed by atoms with van der Waals surface area (Å²) in [7, 11) is 0. The Bertz CT molecular complexity index is 536. The lowest BCUT2D eigenvalue weighted by molar-refractivity contribution is -0.122. The Morgan fingerprint density at radius 1 is 1.35 bits per heavy atom. The first-order valence-corrected chi connectivity index (χ1v) is 7.22. The summed E-state index contributed by atoms with van der Waals surface area (Å²) in [4.78, 5) is 12.6. The first kappa shape index (κ1) is 14.8. The van der Waals surface area contributed by atoms with Crippen LogP contribution in [-0.4, -0.2) is 11.7 Å². The number of thioether (sulfide) groups is 1. The lowest BCUT2D eigenvalue weighted by Gasteiger charge is -2.20. The average molecular weight is 296 g/mol. The molecule has 1 saturated carbocycles. The van der Waals surface area contributed by atoms with Crippen molar-refractivity contribution in [3.05, 3.63) is 24.3 Å². The smallest absolute Gasteiger partial charge is 0.288 e. The maximum absolute atomic E-state index is 12.5. The van der Waals surface area contributed by atoms with Crippen molar-refractivity contribution in [2.75, 3.05) is 5.32 Å². The minimum Gasteiger partial charge on any atom is -0.324 e. The van der Waals surface area contributed by atoms with Crippen molar-refractivity contribution in [3.8, 4) is 6.07 Å². The average Bonchev–Trinajstić information content (AvgIpc) is 2.90. The number of benzene rings is 1. The SMILES string of the molecule is N#CC1(C(=O)Nc2ccccc2SC(F)F)CCCC1. The third kappa shape index (κ3) is 3.10. The number of halogens is 2. The molecule has 0 aliphatic heterocycles. The Kier molecular flexibility index (Phi) is 4.61. The van der Waals surface area contributed by atoms with Crippen LogP contribution in [0.3, 0.4) is 0 Å². The van der Waals surface area contributed by atoms with E-state index in [2.05, 4.69) is 11.4 Å². The molecule has 1 aliphatic rings. The molecule has 0 spiro atoms. The van der Waals surface area contributed by atoms with Crippen molar-refractivity contribution < 1.29 is 13.6 Å². The van der Waals surface area contributed by atoms with Crippen LogP contribution in [0.1, 0.15) is 25.7 Å². The van der Waals surface area contributed by atoms with Crippen molar-refractivity contribution in [3.63, 3.8) is 0 Å². The zero-order valence-corrected chi connectivity index (χ0v) is 11.6. The van der Waals surface area contributed by atoms with Crippen molar-refractivity contribution >= 4 is 23.4 Å². The lowest BCUT2D eigenvalue weighted by Crippen LogP contribution is -2.32. The molecule has 1 fully saturated rings. The highest BCUT2D eigenvalue weighted by atomic mass is 32.2. The van der Waals surface area contributed by atoms with E-state index in [0.717, 1.165) is 12.8 Å². The van der Waals surface area contributed by atoms with Crippen LogP contribution < -0.4 is 5.32 Å². The van der Waals surface area contributed by atoms with Gasteiger partial charge in [-0.2, -0.15) is 14.0 Å². The molecule has 0 unspecified atom stereocenters. The number of para-hydroxylation sites is 1. The second-order valence-corrected chi connectivity index (χ2v) is 5.76. The van der Waals surface area contributed by atoms with Gasteiger partial charge in [0.05, 0.1) is 11.8 Å². The normalized spacial score (nSPS) is 16.9. The van der Waals surface area contributed by atoms with E-state index in [1.165, 1.54) is 6.07 Å².